The first-order valence-corrected chi connectivity index (χ1v) is 8.58. The Balaban J connectivity index is 1.43. The Bertz CT molecular complexity index is 829. The van der Waals surface area contributed by atoms with Crippen LogP contribution in [-0.2, 0) is 6.54 Å². The maximum atomic E-state index is 6.04. The second kappa shape index (κ2) is 6.75. The maximum Gasteiger partial charge on any atom is 0.129 e. The average molecular weight is 339 g/mol. The van der Waals surface area contributed by atoms with Gasteiger partial charge >= 0.3 is 0 Å². The lowest BCUT2D eigenvalue weighted by Crippen LogP contribution is -2.46. The van der Waals surface area contributed by atoms with E-state index in [1.54, 1.807) is 0 Å². The number of pyridine rings is 2. The van der Waals surface area contributed by atoms with Gasteiger partial charge in [0.05, 0.1) is 5.52 Å². The first-order chi connectivity index (χ1) is 11.8. The predicted octanol–water partition coefficient (Wildman–Crippen LogP) is 3.61. The zero-order valence-electron chi connectivity index (χ0n) is 13.4. The van der Waals surface area contributed by atoms with E-state index in [2.05, 4.69) is 39.0 Å². The minimum Gasteiger partial charge on any atom is -0.354 e. The van der Waals surface area contributed by atoms with Gasteiger partial charge < -0.3 is 4.90 Å². The lowest BCUT2D eigenvalue weighted by Gasteiger charge is -2.35. The van der Waals surface area contributed by atoms with Crippen LogP contribution in [0.1, 0.15) is 5.56 Å². The summed E-state index contributed by atoms with van der Waals surface area (Å²) in [6.45, 7) is 5.07. The van der Waals surface area contributed by atoms with Crippen LogP contribution in [0.4, 0.5) is 5.82 Å². The van der Waals surface area contributed by atoms with E-state index >= 15 is 0 Å². The highest BCUT2D eigenvalue weighted by Gasteiger charge is 2.18. The van der Waals surface area contributed by atoms with Crippen molar-refractivity contribution in [2.75, 3.05) is 31.1 Å². The van der Waals surface area contributed by atoms with Crippen molar-refractivity contribution in [2.24, 2.45) is 0 Å². The molecule has 0 unspecified atom stereocenters. The van der Waals surface area contributed by atoms with Crippen molar-refractivity contribution in [2.45, 2.75) is 6.54 Å². The number of piperazine rings is 1. The van der Waals surface area contributed by atoms with E-state index in [4.69, 9.17) is 16.6 Å². The molecule has 3 heterocycles. The molecule has 4 rings (SSSR count). The van der Waals surface area contributed by atoms with Crippen molar-refractivity contribution in [3.05, 3.63) is 65.4 Å². The fourth-order valence-corrected chi connectivity index (χ4v) is 3.32. The Morgan fingerprint density at radius 1 is 0.917 bits per heavy atom. The molecule has 1 aliphatic rings. The highest BCUT2D eigenvalue weighted by molar-refractivity contribution is 6.31. The number of aromatic nitrogens is 2. The molecule has 24 heavy (non-hydrogen) atoms. The molecule has 5 heteroatoms. The molecule has 0 bridgehead atoms. The summed E-state index contributed by atoms with van der Waals surface area (Å²) >= 11 is 6.04. The summed E-state index contributed by atoms with van der Waals surface area (Å²) in [5.41, 5.74) is 2.32. The van der Waals surface area contributed by atoms with Crippen LogP contribution in [0.15, 0.2) is 54.9 Å². The average Bonchev–Trinajstić information content (AvgIpc) is 2.63. The molecule has 4 nitrogen and oxygen atoms in total. The number of fused-ring (bicyclic) bond motifs is 1. The second-order valence-electron chi connectivity index (χ2n) is 6.13. The zero-order valence-corrected chi connectivity index (χ0v) is 14.2. The van der Waals surface area contributed by atoms with Crippen LogP contribution in [0.5, 0.6) is 0 Å². The van der Waals surface area contributed by atoms with Crippen LogP contribution in [0.25, 0.3) is 10.9 Å². The highest BCUT2D eigenvalue weighted by atomic mass is 35.5. The zero-order chi connectivity index (χ0) is 16.4. The molecular formula is C19H19ClN4. The number of hydrogen-bond donors (Lipinski definition) is 0. The van der Waals surface area contributed by atoms with E-state index in [0.717, 1.165) is 54.5 Å². The fourth-order valence-electron chi connectivity index (χ4n) is 3.14. The van der Waals surface area contributed by atoms with Gasteiger partial charge in [0.1, 0.15) is 5.82 Å². The van der Waals surface area contributed by atoms with Gasteiger partial charge in [0.25, 0.3) is 0 Å². The maximum absolute atomic E-state index is 6.04. The number of anilines is 1. The Hall–Kier alpha value is -2.17. The summed E-state index contributed by atoms with van der Waals surface area (Å²) in [5.74, 6) is 1.05. The van der Waals surface area contributed by atoms with E-state index in [-0.39, 0.29) is 0 Å². The normalized spacial score (nSPS) is 15.8. The third-order valence-electron chi connectivity index (χ3n) is 4.49. The van der Waals surface area contributed by atoms with Crippen molar-refractivity contribution in [1.29, 1.82) is 0 Å². The van der Waals surface area contributed by atoms with Gasteiger partial charge in [0, 0.05) is 55.5 Å². The molecule has 122 valence electrons. The van der Waals surface area contributed by atoms with Crippen LogP contribution in [0, 0.1) is 0 Å². The van der Waals surface area contributed by atoms with E-state index < -0.39 is 0 Å². The van der Waals surface area contributed by atoms with Crippen molar-refractivity contribution >= 4 is 28.3 Å². The minimum absolute atomic E-state index is 0.752. The first-order valence-electron chi connectivity index (χ1n) is 8.20. The first kappa shape index (κ1) is 15.4. The van der Waals surface area contributed by atoms with Gasteiger partial charge in [-0.25, -0.2) is 4.98 Å². The molecule has 0 saturated carbocycles. The van der Waals surface area contributed by atoms with E-state index in [1.165, 1.54) is 5.56 Å². The number of benzene rings is 1. The van der Waals surface area contributed by atoms with E-state index in [9.17, 15) is 0 Å². The van der Waals surface area contributed by atoms with Gasteiger partial charge in [-0.1, -0.05) is 11.6 Å². The van der Waals surface area contributed by atoms with Gasteiger partial charge in [-0.2, -0.15) is 0 Å². The van der Waals surface area contributed by atoms with Crippen LogP contribution < -0.4 is 4.90 Å². The molecule has 0 radical (unpaired) electrons. The molecule has 1 fully saturated rings. The van der Waals surface area contributed by atoms with Crippen molar-refractivity contribution < 1.29 is 0 Å². The number of nitrogens with zero attached hydrogens (tertiary/aromatic N) is 4. The van der Waals surface area contributed by atoms with Gasteiger partial charge in [-0.15, -0.1) is 0 Å². The Kier molecular flexibility index (Phi) is 4.32. The largest absolute Gasteiger partial charge is 0.354 e. The molecule has 3 aromatic rings. The molecule has 0 spiro atoms. The standard InChI is InChI=1S/C19H19ClN4/c20-17-2-3-18-16(13-17)1-4-19(22-18)24-11-9-23(10-12-24)14-15-5-7-21-8-6-15/h1-8,13H,9-12,14H2. The molecule has 0 amide bonds. The third kappa shape index (κ3) is 3.35. The molecule has 1 saturated heterocycles. The monoisotopic (exact) mass is 338 g/mol. The number of hydrogen-bond acceptors (Lipinski definition) is 4. The third-order valence-corrected chi connectivity index (χ3v) is 4.72. The molecular weight excluding hydrogens is 320 g/mol. The summed E-state index contributed by atoms with van der Waals surface area (Å²) < 4.78 is 0. The summed E-state index contributed by atoms with van der Waals surface area (Å²) in [6, 6.07) is 14.2. The lowest BCUT2D eigenvalue weighted by molar-refractivity contribution is 0.249. The highest BCUT2D eigenvalue weighted by Crippen LogP contribution is 2.22. The van der Waals surface area contributed by atoms with Crippen LogP contribution in [0.2, 0.25) is 5.02 Å². The van der Waals surface area contributed by atoms with Gasteiger partial charge in [0.2, 0.25) is 0 Å². The fraction of sp³-hybridized carbons (Fsp3) is 0.263. The molecule has 2 aromatic heterocycles. The quantitative estimate of drug-likeness (QED) is 0.730. The summed E-state index contributed by atoms with van der Waals surface area (Å²) in [5, 5.41) is 1.84. The van der Waals surface area contributed by atoms with Crippen LogP contribution >= 0.6 is 11.6 Å². The smallest absolute Gasteiger partial charge is 0.129 e. The molecule has 0 N–H and O–H groups in total. The van der Waals surface area contributed by atoms with Gasteiger partial charge in [-0.05, 0) is 48.0 Å². The SMILES string of the molecule is Clc1ccc2nc(N3CCN(Cc4ccncc4)CC3)ccc2c1. The van der Waals surface area contributed by atoms with Crippen molar-refractivity contribution in [3.8, 4) is 0 Å². The minimum atomic E-state index is 0.752. The molecule has 1 aromatic carbocycles. The van der Waals surface area contributed by atoms with Crippen molar-refractivity contribution in [3.63, 3.8) is 0 Å². The van der Waals surface area contributed by atoms with Crippen LogP contribution in [0.3, 0.4) is 0 Å². The van der Waals surface area contributed by atoms with Gasteiger partial charge in [0.15, 0.2) is 0 Å². The van der Waals surface area contributed by atoms with Crippen molar-refractivity contribution in [1.82, 2.24) is 14.9 Å². The number of rotatable bonds is 3. The predicted molar refractivity (Wildman–Crippen MR) is 98.5 cm³/mol. The Labute approximate surface area is 146 Å². The molecule has 0 aliphatic carbocycles. The van der Waals surface area contributed by atoms with Gasteiger partial charge in [-0.3, -0.25) is 9.88 Å². The van der Waals surface area contributed by atoms with E-state index in [0.29, 0.717) is 0 Å². The summed E-state index contributed by atoms with van der Waals surface area (Å²) in [6.07, 6.45) is 3.72. The Morgan fingerprint density at radius 3 is 2.50 bits per heavy atom. The van der Waals surface area contributed by atoms with E-state index in [1.807, 2.05) is 30.6 Å². The van der Waals surface area contributed by atoms with Crippen LogP contribution in [-0.4, -0.2) is 41.0 Å². The number of halogens is 1. The Morgan fingerprint density at radius 2 is 1.71 bits per heavy atom. The summed E-state index contributed by atoms with van der Waals surface area (Å²) in [7, 11) is 0. The topological polar surface area (TPSA) is 32.3 Å². The molecule has 0 atom stereocenters. The molecule has 1 aliphatic heterocycles. The second-order valence-corrected chi connectivity index (χ2v) is 6.56. The summed E-state index contributed by atoms with van der Waals surface area (Å²) in [4.78, 5) is 13.7. The lowest BCUT2D eigenvalue weighted by atomic mass is 10.2.